The first-order valence-corrected chi connectivity index (χ1v) is 7.31. The summed E-state index contributed by atoms with van der Waals surface area (Å²) in [5.41, 5.74) is 6.89. The van der Waals surface area contributed by atoms with Crippen molar-refractivity contribution in [3.63, 3.8) is 0 Å². The van der Waals surface area contributed by atoms with Crippen LogP contribution in [-0.4, -0.2) is 44.7 Å². The highest BCUT2D eigenvalue weighted by Crippen LogP contribution is 2.17. The second-order valence-electron chi connectivity index (χ2n) is 6.01. The molecule has 1 heterocycles. The Morgan fingerprint density at radius 1 is 1.24 bits per heavy atom. The van der Waals surface area contributed by atoms with Crippen LogP contribution in [0.5, 0.6) is 0 Å². The van der Waals surface area contributed by atoms with Gasteiger partial charge in [0.2, 0.25) is 0 Å². The Bertz CT molecular complexity index is 548. The van der Waals surface area contributed by atoms with E-state index in [-0.39, 0.29) is 5.41 Å². The van der Waals surface area contributed by atoms with Crippen molar-refractivity contribution in [1.29, 1.82) is 0 Å². The zero-order valence-electron chi connectivity index (χ0n) is 13.0. The topological polar surface area (TPSA) is 72.9 Å². The molecule has 2 N–H and O–H groups in total. The van der Waals surface area contributed by atoms with E-state index in [1.54, 1.807) is 4.68 Å². The van der Waals surface area contributed by atoms with Gasteiger partial charge < -0.3 is 5.73 Å². The van der Waals surface area contributed by atoms with E-state index < -0.39 is 0 Å². The molecule has 2 aromatic rings. The van der Waals surface area contributed by atoms with E-state index in [0.717, 1.165) is 24.6 Å². The van der Waals surface area contributed by atoms with Crippen LogP contribution in [0.1, 0.15) is 26.6 Å². The molecule has 0 saturated heterocycles. The molecule has 0 aliphatic rings. The minimum Gasteiger partial charge on any atom is -0.330 e. The van der Waals surface area contributed by atoms with Crippen molar-refractivity contribution < 1.29 is 0 Å². The summed E-state index contributed by atoms with van der Waals surface area (Å²) < 4.78 is 1.79. The summed E-state index contributed by atoms with van der Waals surface area (Å²) in [6.45, 7) is 9.72. The Balaban J connectivity index is 2.14. The summed E-state index contributed by atoms with van der Waals surface area (Å²) in [7, 11) is 0. The first kappa shape index (κ1) is 15.6. The molecule has 21 heavy (non-hydrogen) atoms. The molecule has 0 unspecified atom stereocenters. The van der Waals surface area contributed by atoms with Gasteiger partial charge in [-0.1, -0.05) is 39.0 Å². The maximum absolute atomic E-state index is 5.83. The number of benzene rings is 1. The highest BCUT2D eigenvalue weighted by Gasteiger charge is 2.21. The van der Waals surface area contributed by atoms with Crippen molar-refractivity contribution in [2.45, 2.75) is 27.3 Å². The predicted octanol–water partition coefficient (Wildman–Crippen LogP) is 1.47. The summed E-state index contributed by atoms with van der Waals surface area (Å²) in [6.07, 6.45) is 0. The van der Waals surface area contributed by atoms with Gasteiger partial charge in [-0.15, -0.1) is 5.10 Å². The monoisotopic (exact) mass is 288 g/mol. The fraction of sp³-hybridized carbons (Fsp3) is 0.533. The summed E-state index contributed by atoms with van der Waals surface area (Å²) in [5, 5.41) is 12.1. The Kier molecular flexibility index (Phi) is 5.03. The largest absolute Gasteiger partial charge is 0.330 e. The van der Waals surface area contributed by atoms with E-state index in [1.165, 1.54) is 0 Å². The molecule has 0 fully saturated rings. The van der Waals surface area contributed by atoms with Crippen molar-refractivity contribution in [3.05, 3.63) is 36.2 Å². The smallest absolute Gasteiger partial charge is 0.170 e. The van der Waals surface area contributed by atoms with Gasteiger partial charge in [-0.25, -0.2) is 0 Å². The molecular weight excluding hydrogens is 264 g/mol. The molecule has 0 spiro atoms. The Morgan fingerprint density at radius 3 is 2.57 bits per heavy atom. The van der Waals surface area contributed by atoms with Crippen LogP contribution in [0.2, 0.25) is 0 Å². The van der Waals surface area contributed by atoms with Crippen molar-refractivity contribution in [2.24, 2.45) is 11.1 Å². The van der Waals surface area contributed by atoms with Crippen molar-refractivity contribution in [3.8, 4) is 5.69 Å². The highest BCUT2D eigenvalue weighted by atomic mass is 15.5. The third-order valence-electron chi connectivity index (χ3n) is 3.55. The second-order valence-corrected chi connectivity index (χ2v) is 6.01. The number of nitrogens with two attached hydrogens (primary N) is 1. The first-order valence-electron chi connectivity index (χ1n) is 7.31. The minimum atomic E-state index is 0.0844. The fourth-order valence-electron chi connectivity index (χ4n) is 2.22. The molecule has 0 aliphatic heterocycles. The number of tetrazole rings is 1. The van der Waals surface area contributed by atoms with Gasteiger partial charge in [-0.2, -0.15) is 4.68 Å². The molecule has 114 valence electrons. The van der Waals surface area contributed by atoms with E-state index >= 15 is 0 Å². The third kappa shape index (κ3) is 4.09. The van der Waals surface area contributed by atoms with Crippen LogP contribution in [0.15, 0.2) is 30.3 Å². The maximum atomic E-state index is 5.83. The van der Waals surface area contributed by atoms with Crippen LogP contribution >= 0.6 is 0 Å². The van der Waals surface area contributed by atoms with Crippen LogP contribution < -0.4 is 5.73 Å². The van der Waals surface area contributed by atoms with E-state index in [2.05, 4.69) is 41.2 Å². The molecule has 0 saturated carbocycles. The number of hydrogen-bond acceptors (Lipinski definition) is 5. The SMILES string of the molecule is CCN(Cc1nnnn1-c1ccccc1)CC(C)(C)CN. The molecule has 6 heteroatoms. The van der Waals surface area contributed by atoms with Gasteiger partial charge in [0.1, 0.15) is 0 Å². The molecule has 0 aliphatic carbocycles. The van der Waals surface area contributed by atoms with Gasteiger partial charge in [0, 0.05) is 6.54 Å². The third-order valence-corrected chi connectivity index (χ3v) is 3.55. The number of para-hydroxylation sites is 1. The number of aromatic nitrogens is 4. The lowest BCUT2D eigenvalue weighted by Crippen LogP contribution is -2.38. The van der Waals surface area contributed by atoms with Crippen LogP contribution in [0.25, 0.3) is 5.69 Å². The predicted molar refractivity (Wildman–Crippen MR) is 82.9 cm³/mol. The first-order chi connectivity index (χ1) is 10.1. The average molecular weight is 288 g/mol. The van der Waals surface area contributed by atoms with Crippen LogP contribution in [0.4, 0.5) is 0 Å². The fourth-order valence-corrected chi connectivity index (χ4v) is 2.22. The molecule has 1 aromatic carbocycles. The Hall–Kier alpha value is -1.79. The molecule has 2 rings (SSSR count). The van der Waals surface area contributed by atoms with E-state index in [1.807, 2.05) is 30.3 Å². The maximum Gasteiger partial charge on any atom is 0.170 e. The molecule has 0 amide bonds. The number of hydrogen-bond donors (Lipinski definition) is 1. The second kappa shape index (κ2) is 6.78. The van der Waals surface area contributed by atoms with Crippen LogP contribution in [0.3, 0.4) is 0 Å². The normalized spacial score (nSPS) is 12.0. The highest BCUT2D eigenvalue weighted by molar-refractivity contribution is 5.30. The average Bonchev–Trinajstić information content (AvgIpc) is 2.95. The summed E-state index contributed by atoms with van der Waals surface area (Å²) in [4.78, 5) is 2.32. The van der Waals surface area contributed by atoms with Gasteiger partial charge >= 0.3 is 0 Å². The molecule has 6 nitrogen and oxygen atoms in total. The standard InChI is InChI=1S/C15H24N6/c1-4-20(12-15(2,3)11-16)10-14-17-18-19-21(14)13-8-6-5-7-9-13/h5-9H,4,10-12,16H2,1-3H3. The van der Waals surface area contributed by atoms with Gasteiger partial charge in [0.05, 0.1) is 12.2 Å². The lowest BCUT2D eigenvalue weighted by Gasteiger charge is -2.30. The van der Waals surface area contributed by atoms with Crippen molar-refractivity contribution in [2.75, 3.05) is 19.6 Å². The van der Waals surface area contributed by atoms with Gasteiger partial charge in [0.15, 0.2) is 5.82 Å². The number of nitrogens with zero attached hydrogens (tertiary/aromatic N) is 5. The van der Waals surface area contributed by atoms with E-state index in [4.69, 9.17) is 5.73 Å². The number of rotatable bonds is 7. The molecular formula is C15H24N6. The summed E-state index contributed by atoms with van der Waals surface area (Å²) in [6, 6.07) is 9.95. The van der Waals surface area contributed by atoms with Crippen LogP contribution in [-0.2, 0) is 6.54 Å². The van der Waals surface area contributed by atoms with Gasteiger partial charge in [-0.05, 0) is 41.1 Å². The van der Waals surface area contributed by atoms with Crippen molar-refractivity contribution >= 4 is 0 Å². The lowest BCUT2D eigenvalue weighted by atomic mass is 9.93. The van der Waals surface area contributed by atoms with E-state index in [0.29, 0.717) is 13.1 Å². The molecule has 0 atom stereocenters. The molecule has 0 radical (unpaired) electrons. The minimum absolute atomic E-state index is 0.0844. The molecule has 1 aromatic heterocycles. The Labute approximate surface area is 125 Å². The van der Waals surface area contributed by atoms with Gasteiger partial charge in [-0.3, -0.25) is 4.90 Å². The van der Waals surface area contributed by atoms with E-state index in [9.17, 15) is 0 Å². The zero-order valence-corrected chi connectivity index (χ0v) is 13.0. The summed E-state index contributed by atoms with van der Waals surface area (Å²) >= 11 is 0. The lowest BCUT2D eigenvalue weighted by molar-refractivity contribution is 0.179. The Morgan fingerprint density at radius 2 is 1.95 bits per heavy atom. The van der Waals surface area contributed by atoms with Crippen molar-refractivity contribution in [1.82, 2.24) is 25.1 Å². The summed E-state index contributed by atoms with van der Waals surface area (Å²) in [5.74, 6) is 0.843. The quantitative estimate of drug-likeness (QED) is 0.835. The van der Waals surface area contributed by atoms with Crippen LogP contribution in [0, 0.1) is 5.41 Å². The zero-order chi connectivity index (χ0) is 15.3. The van der Waals surface area contributed by atoms with Gasteiger partial charge in [0.25, 0.3) is 0 Å². The molecule has 0 bridgehead atoms.